The van der Waals surface area contributed by atoms with Gasteiger partial charge in [-0.1, -0.05) is 6.92 Å². The van der Waals surface area contributed by atoms with Crippen molar-refractivity contribution in [2.75, 3.05) is 13.7 Å². The standard InChI is InChI=1S/C9H16F3NO/c1-3-7-6-8(13-2,4-5-14-7)9(10,11)12/h7,13H,3-6H2,1-2H3. The third-order valence-electron chi connectivity index (χ3n) is 2.94. The van der Waals surface area contributed by atoms with Crippen molar-refractivity contribution in [3.63, 3.8) is 0 Å². The first-order chi connectivity index (χ1) is 6.45. The zero-order valence-corrected chi connectivity index (χ0v) is 8.45. The molecule has 1 N–H and O–H groups in total. The van der Waals surface area contributed by atoms with E-state index in [2.05, 4.69) is 5.32 Å². The van der Waals surface area contributed by atoms with Crippen LogP contribution in [0.4, 0.5) is 13.2 Å². The van der Waals surface area contributed by atoms with Crippen molar-refractivity contribution in [1.29, 1.82) is 0 Å². The molecule has 0 aliphatic carbocycles. The fourth-order valence-corrected chi connectivity index (χ4v) is 1.84. The Kier molecular flexibility index (Phi) is 3.42. The summed E-state index contributed by atoms with van der Waals surface area (Å²) in [7, 11) is 1.37. The molecule has 2 unspecified atom stereocenters. The van der Waals surface area contributed by atoms with Crippen molar-refractivity contribution in [1.82, 2.24) is 5.32 Å². The summed E-state index contributed by atoms with van der Waals surface area (Å²) in [6, 6.07) is 0. The van der Waals surface area contributed by atoms with Crippen LogP contribution in [0.15, 0.2) is 0 Å². The first-order valence-electron chi connectivity index (χ1n) is 4.82. The molecular formula is C9H16F3NO. The summed E-state index contributed by atoms with van der Waals surface area (Å²) in [4.78, 5) is 0. The minimum absolute atomic E-state index is 0.00347. The van der Waals surface area contributed by atoms with Crippen molar-refractivity contribution >= 4 is 0 Å². The quantitative estimate of drug-likeness (QED) is 0.755. The Labute approximate surface area is 81.8 Å². The highest BCUT2D eigenvalue weighted by molar-refractivity contribution is 4.98. The van der Waals surface area contributed by atoms with Gasteiger partial charge in [-0.15, -0.1) is 0 Å². The Morgan fingerprint density at radius 2 is 2.14 bits per heavy atom. The van der Waals surface area contributed by atoms with E-state index in [9.17, 15) is 13.2 Å². The highest BCUT2D eigenvalue weighted by atomic mass is 19.4. The van der Waals surface area contributed by atoms with Gasteiger partial charge in [0.05, 0.1) is 6.10 Å². The number of halogens is 3. The Hall–Kier alpha value is -0.290. The maximum Gasteiger partial charge on any atom is 0.406 e. The van der Waals surface area contributed by atoms with Crippen LogP contribution >= 0.6 is 0 Å². The van der Waals surface area contributed by atoms with E-state index in [0.717, 1.165) is 0 Å². The molecule has 14 heavy (non-hydrogen) atoms. The molecule has 1 heterocycles. The summed E-state index contributed by atoms with van der Waals surface area (Å²) in [5, 5.41) is 2.42. The summed E-state index contributed by atoms with van der Waals surface area (Å²) in [6.07, 6.45) is -3.83. The maximum absolute atomic E-state index is 12.8. The summed E-state index contributed by atoms with van der Waals surface area (Å²) in [5.41, 5.74) is -1.74. The summed E-state index contributed by atoms with van der Waals surface area (Å²) in [6.45, 7) is 2.02. The number of ether oxygens (including phenoxy) is 1. The molecule has 0 aromatic carbocycles. The monoisotopic (exact) mass is 211 g/mol. The number of alkyl halides is 3. The predicted octanol–water partition coefficient (Wildman–Crippen LogP) is 2.10. The van der Waals surface area contributed by atoms with Crippen molar-refractivity contribution in [3.8, 4) is 0 Å². The molecule has 1 rings (SSSR count). The SMILES string of the molecule is CCC1CC(NC)(C(F)(F)F)CCO1. The number of nitrogens with one attached hydrogen (secondary N) is 1. The first kappa shape index (κ1) is 11.8. The van der Waals surface area contributed by atoms with Crippen LogP contribution in [0.2, 0.25) is 0 Å². The van der Waals surface area contributed by atoms with Gasteiger partial charge in [0.15, 0.2) is 0 Å². The normalized spacial score (nSPS) is 34.5. The molecule has 0 spiro atoms. The average Bonchev–Trinajstić information content (AvgIpc) is 2.16. The highest BCUT2D eigenvalue weighted by Crippen LogP contribution is 2.39. The molecule has 1 aliphatic heterocycles. The smallest absolute Gasteiger partial charge is 0.378 e. The van der Waals surface area contributed by atoms with E-state index in [-0.39, 0.29) is 25.6 Å². The van der Waals surface area contributed by atoms with Crippen molar-refractivity contribution in [2.45, 2.75) is 44.0 Å². The molecule has 0 bridgehead atoms. The zero-order chi connectivity index (χ0) is 10.8. The van der Waals surface area contributed by atoms with Gasteiger partial charge < -0.3 is 10.1 Å². The molecule has 0 amide bonds. The molecule has 1 fully saturated rings. The molecule has 0 radical (unpaired) electrons. The van der Waals surface area contributed by atoms with Crippen LogP contribution in [0.5, 0.6) is 0 Å². The number of hydrogen-bond acceptors (Lipinski definition) is 2. The van der Waals surface area contributed by atoms with Crippen LogP contribution in [0.3, 0.4) is 0 Å². The van der Waals surface area contributed by atoms with Gasteiger partial charge in [-0.05, 0) is 19.9 Å². The van der Waals surface area contributed by atoms with Crippen molar-refractivity contribution < 1.29 is 17.9 Å². The Morgan fingerprint density at radius 1 is 1.50 bits per heavy atom. The van der Waals surface area contributed by atoms with E-state index < -0.39 is 11.7 Å². The lowest BCUT2D eigenvalue weighted by Gasteiger charge is -2.41. The predicted molar refractivity (Wildman–Crippen MR) is 47.1 cm³/mol. The minimum atomic E-state index is -4.20. The Balaban J connectivity index is 2.78. The van der Waals surface area contributed by atoms with Gasteiger partial charge in [-0.2, -0.15) is 13.2 Å². The lowest BCUT2D eigenvalue weighted by Crippen LogP contribution is -2.60. The molecule has 1 aliphatic rings. The van der Waals surface area contributed by atoms with Crippen LogP contribution in [-0.2, 0) is 4.74 Å². The molecule has 0 aromatic heterocycles. The van der Waals surface area contributed by atoms with E-state index in [1.54, 1.807) is 0 Å². The topological polar surface area (TPSA) is 21.3 Å². The van der Waals surface area contributed by atoms with Crippen LogP contribution in [0, 0.1) is 0 Å². The summed E-state index contributed by atoms with van der Waals surface area (Å²) < 4.78 is 43.6. The molecule has 0 saturated carbocycles. The van der Waals surface area contributed by atoms with Gasteiger partial charge in [0.2, 0.25) is 0 Å². The first-order valence-corrected chi connectivity index (χ1v) is 4.82. The second-order valence-corrected chi connectivity index (χ2v) is 3.69. The van der Waals surface area contributed by atoms with Gasteiger partial charge in [-0.3, -0.25) is 0 Å². The molecule has 2 atom stereocenters. The number of rotatable bonds is 2. The third-order valence-corrected chi connectivity index (χ3v) is 2.94. The Morgan fingerprint density at radius 3 is 2.57 bits per heavy atom. The van der Waals surface area contributed by atoms with Gasteiger partial charge in [0.1, 0.15) is 5.54 Å². The van der Waals surface area contributed by atoms with Crippen LogP contribution < -0.4 is 5.32 Å². The number of hydrogen-bond donors (Lipinski definition) is 1. The summed E-state index contributed by atoms with van der Waals surface area (Å²) >= 11 is 0. The van der Waals surface area contributed by atoms with E-state index in [0.29, 0.717) is 6.42 Å². The van der Waals surface area contributed by atoms with Crippen LogP contribution in [0.1, 0.15) is 26.2 Å². The maximum atomic E-state index is 12.8. The molecule has 0 aromatic rings. The van der Waals surface area contributed by atoms with Crippen molar-refractivity contribution in [2.24, 2.45) is 0 Å². The van der Waals surface area contributed by atoms with E-state index >= 15 is 0 Å². The van der Waals surface area contributed by atoms with E-state index in [1.807, 2.05) is 6.92 Å². The van der Waals surface area contributed by atoms with Gasteiger partial charge in [0.25, 0.3) is 0 Å². The molecule has 1 saturated heterocycles. The van der Waals surface area contributed by atoms with Gasteiger partial charge >= 0.3 is 6.18 Å². The fraction of sp³-hybridized carbons (Fsp3) is 1.00. The lowest BCUT2D eigenvalue weighted by molar-refractivity contribution is -0.223. The van der Waals surface area contributed by atoms with Gasteiger partial charge in [0, 0.05) is 13.0 Å². The molecule has 2 nitrogen and oxygen atoms in total. The molecule has 84 valence electrons. The zero-order valence-electron chi connectivity index (χ0n) is 8.45. The third kappa shape index (κ3) is 2.03. The molecule has 5 heteroatoms. The van der Waals surface area contributed by atoms with Gasteiger partial charge in [-0.25, -0.2) is 0 Å². The average molecular weight is 211 g/mol. The van der Waals surface area contributed by atoms with Crippen LogP contribution in [-0.4, -0.2) is 31.5 Å². The second kappa shape index (κ2) is 4.06. The second-order valence-electron chi connectivity index (χ2n) is 3.69. The highest BCUT2D eigenvalue weighted by Gasteiger charge is 2.55. The van der Waals surface area contributed by atoms with E-state index in [4.69, 9.17) is 4.74 Å². The fourth-order valence-electron chi connectivity index (χ4n) is 1.84. The minimum Gasteiger partial charge on any atom is -0.378 e. The largest absolute Gasteiger partial charge is 0.406 e. The van der Waals surface area contributed by atoms with Crippen molar-refractivity contribution in [3.05, 3.63) is 0 Å². The van der Waals surface area contributed by atoms with Crippen LogP contribution in [0.25, 0.3) is 0 Å². The lowest BCUT2D eigenvalue weighted by atomic mass is 9.85. The molecular weight excluding hydrogens is 195 g/mol. The van der Waals surface area contributed by atoms with E-state index in [1.165, 1.54) is 7.05 Å². The summed E-state index contributed by atoms with van der Waals surface area (Å²) in [5.74, 6) is 0. The Bertz CT molecular complexity index is 195.